The van der Waals surface area contributed by atoms with Gasteiger partial charge in [0.2, 0.25) is 0 Å². The van der Waals surface area contributed by atoms with Gasteiger partial charge in [0.1, 0.15) is 5.75 Å². The summed E-state index contributed by atoms with van der Waals surface area (Å²) in [5, 5.41) is 3.08. The molecule has 5 heteroatoms. The molecule has 138 valence electrons. The van der Waals surface area contributed by atoms with Gasteiger partial charge in [-0.25, -0.2) is 0 Å². The van der Waals surface area contributed by atoms with Gasteiger partial charge in [-0.1, -0.05) is 52.3 Å². The van der Waals surface area contributed by atoms with Crippen molar-refractivity contribution in [1.29, 1.82) is 0 Å². The Hall–Kier alpha value is -2.50. The quantitative estimate of drug-likeness (QED) is 0.508. The molecule has 28 heavy (non-hydrogen) atoms. The third-order valence-corrected chi connectivity index (χ3v) is 6.79. The molecule has 0 aliphatic carbocycles. The largest absolute Gasteiger partial charge is 0.482 e. The molecule has 0 saturated carbocycles. The number of amides is 1. The van der Waals surface area contributed by atoms with Crippen LogP contribution in [-0.4, -0.2) is 12.5 Å². The molecule has 3 aromatic carbocycles. The van der Waals surface area contributed by atoms with Crippen LogP contribution in [0.5, 0.6) is 5.75 Å². The number of hydrogen-bond donors (Lipinski definition) is 1. The van der Waals surface area contributed by atoms with E-state index in [1.807, 2.05) is 23.9 Å². The Bertz CT molecular complexity index is 1110. The first-order valence-corrected chi connectivity index (χ1v) is 10.6. The van der Waals surface area contributed by atoms with Gasteiger partial charge in [0, 0.05) is 9.37 Å². The number of nitrogens with one attached hydrogen (secondary N) is 1. The first kappa shape index (κ1) is 17.6. The monoisotopic (exact) mass is 449 g/mol. The molecule has 5 rings (SSSR count). The van der Waals surface area contributed by atoms with Gasteiger partial charge in [0.25, 0.3) is 5.91 Å². The Kier molecular flexibility index (Phi) is 4.49. The molecule has 2 heterocycles. The molecule has 0 radical (unpaired) electrons. The van der Waals surface area contributed by atoms with Crippen LogP contribution in [0, 0.1) is 0 Å². The third kappa shape index (κ3) is 3.25. The Morgan fingerprint density at radius 3 is 2.71 bits per heavy atom. The van der Waals surface area contributed by atoms with Gasteiger partial charge in [-0.3, -0.25) is 4.79 Å². The lowest BCUT2D eigenvalue weighted by atomic mass is 9.94. The van der Waals surface area contributed by atoms with Crippen molar-refractivity contribution in [3.63, 3.8) is 0 Å². The number of carbonyl (C=O) groups excluding carboxylic acids is 1. The second kappa shape index (κ2) is 7.15. The molecular weight excluding hydrogens is 434 g/mol. The van der Waals surface area contributed by atoms with Gasteiger partial charge in [-0.15, -0.1) is 11.8 Å². The van der Waals surface area contributed by atoms with Crippen LogP contribution in [0.3, 0.4) is 0 Å². The van der Waals surface area contributed by atoms with Crippen molar-refractivity contribution in [1.82, 2.24) is 0 Å². The average molecular weight is 450 g/mol. The molecule has 1 unspecified atom stereocenters. The number of rotatable bonds is 2. The highest BCUT2D eigenvalue weighted by Crippen LogP contribution is 2.51. The molecule has 2 aliphatic heterocycles. The fourth-order valence-electron chi connectivity index (χ4n) is 3.52. The maximum atomic E-state index is 11.7. The van der Waals surface area contributed by atoms with Gasteiger partial charge in [-0.2, -0.15) is 0 Å². The summed E-state index contributed by atoms with van der Waals surface area (Å²) >= 11 is 5.38. The number of fused-ring (bicyclic) bond motifs is 2. The highest BCUT2D eigenvalue weighted by atomic mass is 79.9. The zero-order valence-corrected chi connectivity index (χ0v) is 17.2. The third-order valence-electron chi connectivity index (χ3n) is 4.88. The van der Waals surface area contributed by atoms with Crippen molar-refractivity contribution >= 4 is 50.9 Å². The van der Waals surface area contributed by atoms with Crippen LogP contribution in [-0.2, 0) is 4.79 Å². The Labute approximate surface area is 175 Å². The van der Waals surface area contributed by atoms with E-state index < -0.39 is 0 Å². The predicted octanol–water partition coefficient (Wildman–Crippen LogP) is 6.17. The van der Waals surface area contributed by atoms with Crippen molar-refractivity contribution in [3.8, 4) is 5.75 Å². The number of halogens is 1. The van der Waals surface area contributed by atoms with Crippen LogP contribution in [0.15, 0.2) is 76.1 Å². The number of benzene rings is 3. The van der Waals surface area contributed by atoms with E-state index in [1.165, 1.54) is 21.6 Å². The summed E-state index contributed by atoms with van der Waals surface area (Å²) in [6.07, 6.45) is 2.26. The van der Waals surface area contributed by atoms with Gasteiger partial charge < -0.3 is 10.1 Å². The minimum atomic E-state index is -0.119. The minimum absolute atomic E-state index is 0.0692. The topological polar surface area (TPSA) is 38.3 Å². The lowest BCUT2D eigenvalue weighted by molar-refractivity contribution is -0.118. The van der Waals surface area contributed by atoms with Crippen LogP contribution in [0.25, 0.3) is 11.6 Å². The minimum Gasteiger partial charge on any atom is -0.482 e. The maximum absolute atomic E-state index is 11.7. The van der Waals surface area contributed by atoms with E-state index in [-0.39, 0.29) is 17.8 Å². The van der Waals surface area contributed by atoms with E-state index in [9.17, 15) is 4.79 Å². The van der Waals surface area contributed by atoms with E-state index in [4.69, 9.17) is 4.74 Å². The smallest absolute Gasteiger partial charge is 0.262 e. The van der Waals surface area contributed by atoms with E-state index in [0.717, 1.165) is 15.7 Å². The van der Waals surface area contributed by atoms with E-state index in [2.05, 4.69) is 81.9 Å². The Balaban J connectivity index is 1.63. The van der Waals surface area contributed by atoms with Crippen LogP contribution in [0.4, 0.5) is 5.69 Å². The summed E-state index contributed by atoms with van der Waals surface area (Å²) in [7, 11) is 0. The fraction of sp³-hybridized carbons (Fsp3) is 0.0870. The number of thioether (sulfide) groups is 1. The van der Waals surface area contributed by atoms with Crippen molar-refractivity contribution in [2.24, 2.45) is 0 Å². The fourth-order valence-corrected chi connectivity index (χ4v) is 5.09. The number of hydrogen-bond acceptors (Lipinski definition) is 3. The summed E-state index contributed by atoms with van der Waals surface area (Å²) in [6, 6.07) is 23.0. The van der Waals surface area contributed by atoms with Gasteiger partial charge in [0.05, 0.1) is 10.9 Å². The first-order valence-electron chi connectivity index (χ1n) is 8.97. The summed E-state index contributed by atoms with van der Waals surface area (Å²) in [5.41, 5.74) is 5.49. The molecule has 3 aromatic rings. The summed E-state index contributed by atoms with van der Waals surface area (Å²) in [4.78, 5) is 13.0. The standard InChI is InChI=1S/C23H16BrNO2S/c24-17-8-5-14(6-9-17)23-18(11-16-3-1-2-4-21(16)28-23)15-7-10-20-19(12-15)25-22(26)13-27-20/h1-12,23H,13H2,(H,25,26). The zero-order valence-electron chi connectivity index (χ0n) is 14.8. The van der Waals surface area contributed by atoms with E-state index >= 15 is 0 Å². The lowest BCUT2D eigenvalue weighted by Crippen LogP contribution is -2.25. The van der Waals surface area contributed by atoms with Crippen LogP contribution in [0.2, 0.25) is 0 Å². The number of ether oxygens (including phenoxy) is 1. The molecule has 0 spiro atoms. The van der Waals surface area contributed by atoms with Gasteiger partial charge in [-0.05, 0) is 58.7 Å². The van der Waals surface area contributed by atoms with E-state index in [0.29, 0.717) is 5.75 Å². The second-order valence-electron chi connectivity index (χ2n) is 6.73. The van der Waals surface area contributed by atoms with Crippen LogP contribution in [0.1, 0.15) is 21.9 Å². The summed E-state index contributed by atoms with van der Waals surface area (Å²) < 4.78 is 6.58. The SMILES string of the molecule is O=C1COc2ccc(C3=Cc4ccccc4SC3c3ccc(Br)cc3)cc2N1. The van der Waals surface area contributed by atoms with Gasteiger partial charge >= 0.3 is 0 Å². The van der Waals surface area contributed by atoms with Gasteiger partial charge in [0.15, 0.2) is 6.61 Å². The molecule has 3 nitrogen and oxygen atoms in total. The first-order chi connectivity index (χ1) is 13.7. The second-order valence-corrected chi connectivity index (χ2v) is 8.80. The highest BCUT2D eigenvalue weighted by Gasteiger charge is 2.26. The van der Waals surface area contributed by atoms with Crippen molar-refractivity contribution in [2.75, 3.05) is 11.9 Å². The molecule has 2 aliphatic rings. The van der Waals surface area contributed by atoms with E-state index in [1.54, 1.807) is 0 Å². The number of anilines is 1. The summed E-state index contributed by atoms with van der Waals surface area (Å²) in [6.45, 7) is 0.0692. The maximum Gasteiger partial charge on any atom is 0.262 e. The van der Waals surface area contributed by atoms with Crippen LogP contribution < -0.4 is 10.1 Å². The molecule has 0 saturated heterocycles. The van der Waals surface area contributed by atoms with Crippen molar-refractivity contribution in [2.45, 2.75) is 10.1 Å². The Morgan fingerprint density at radius 2 is 1.86 bits per heavy atom. The molecular formula is C23H16BrNO2S. The van der Waals surface area contributed by atoms with Crippen molar-refractivity contribution < 1.29 is 9.53 Å². The van der Waals surface area contributed by atoms with Crippen LogP contribution >= 0.6 is 27.7 Å². The average Bonchev–Trinajstić information content (AvgIpc) is 2.73. The lowest BCUT2D eigenvalue weighted by Gasteiger charge is -2.27. The molecule has 0 aromatic heterocycles. The molecule has 1 amide bonds. The predicted molar refractivity (Wildman–Crippen MR) is 118 cm³/mol. The Morgan fingerprint density at radius 1 is 1.04 bits per heavy atom. The molecule has 0 bridgehead atoms. The molecule has 0 fully saturated rings. The molecule has 1 atom stereocenters. The molecule has 1 N–H and O–H groups in total. The zero-order chi connectivity index (χ0) is 19.1. The number of carbonyl (C=O) groups is 1. The van der Waals surface area contributed by atoms with Crippen molar-refractivity contribution in [3.05, 3.63) is 87.9 Å². The normalized spacial score (nSPS) is 17.7. The summed E-state index contributed by atoms with van der Waals surface area (Å²) in [5.74, 6) is 0.597. The highest BCUT2D eigenvalue weighted by molar-refractivity contribution is 9.10.